The Bertz CT molecular complexity index is 608. The fraction of sp³-hybridized carbons (Fsp3) is 0.273. The highest BCUT2D eigenvalue weighted by molar-refractivity contribution is 5.48. The lowest BCUT2D eigenvalue weighted by Gasteiger charge is -2.04. The van der Waals surface area contributed by atoms with Crippen LogP contribution in [0.15, 0.2) is 24.5 Å². The topological polar surface area (TPSA) is 109 Å². The Morgan fingerprint density at radius 1 is 1.47 bits per heavy atom. The number of hydrogen-bond acceptors (Lipinski definition) is 6. The zero-order valence-corrected chi connectivity index (χ0v) is 10.5. The van der Waals surface area contributed by atoms with E-state index in [4.69, 9.17) is 10.5 Å². The normalized spacial score (nSPS) is 10.7. The van der Waals surface area contributed by atoms with E-state index in [1.54, 1.807) is 10.9 Å². The molecule has 0 amide bonds. The molecule has 0 bridgehead atoms. The fourth-order valence-electron chi connectivity index (χ4n) is 1.43. The third-order valence-electron chi connectivity index (χ3n) is 2.38. The van der Waals surface area contributed by atoms with Crippen LogP contribution in [-0.4, -0.2) is 19.7 Å². The standard InChI is InChI=1S/C11H13N5O3/c1-7(2)15-6-8(5-13-15)19-11-9(16(17)18)3-4-10(12)14-11/h3-7H,1-2H3,(H2,12,14). The summed E-state index contributed by atoms with van der Waals surface area (Å²) in [5, 5.41) is 14.9. The summed E-state index contributed by atoms with van der Waals surface area (Å²) in [4.78, 5) is 14.1. The van der Waals surface area contributed by atoms with Crippen LogP contribution >= 0.6 is 0 Å². The van der Waals surface area contributed by atoms with Gasteiger partial charge in [0.1, 0.15) is 5.82 Å². The van der Waals surface area contributed by atoms with Crippen LogP contribution in [0.25, 0.3) is 0 Å². The first-order valence-corrected chi connectivity index (χ1v) is 5.60. The van der Waals surface area contributed by atoms with E-state index >= 15 is 0 Å². The van der Waals surface area contributed by atoms with E-state index in [0.29, 0.717) is 5.75 Å². The molecular weight excluding hydrogens is 250 g/mol. The van der Waals surface area contributed by atoms with Crippen molar-refractivity contribution in [2.24, 2.45) is 0 Å². The van der Waals surface area contributed by atoms with Crippen molar-refractivity contribution in [2.75, 3.05) is 5.73 Å². The summed E-state index contributed by atoms with van der Waals surface area (Å²) in [6.07, 6.45) is 3.11. The monoisotopic (exact) mass is 263 g/mol. The minimum atomic E-state index is -0.575. The van der Waals surface area contributed by atoms with Crippen LogP contribution in [-0.2, 0) is 0 Å². The maximum atomic E-state index is 10.9. The van der Waals surface area contributed by atoms with Gasteiger partial charge < -0.3 is 10.5 Å². The Balaban J connectivity index is 2.31. The zero-order chi connectivity index (χ0) is 14.0. The molecule has 2 aromatic rings. The number of ether oxygens (including phenoxy) is 1. The minimum Gasteiger partial charge on any atom is -0.430 e. The molecule has 0 atom stereocenters. The summed E-state index contributed by atoms with van der Waals surface area (Å²) in [7, 11) is 0. The highest BCUT2D eigenvalue weighted by Gasteiger charge is 2.18. The van der Waals surface area contributed by atoms with Gasteiger partial charge in [0, 0.05) is 12.1 Å². The number of aromatic nitrogens is 3. The van der Waals surface area contributed by atoms with Crippen molar-refractivity contribution >= 4 is 11.5 Å². The van der Waals surface area contributed by atoms with Crippen molar-refractivity contribution in [3.63, 3.8) is 0 Å². The van der Waals surface area contributed by atoms with Crippen LogP contribution in [0.3, 0.4) is 0 Å². The summed E-state index contributed by atoms with van der Waals surface area (Å²) < 4.78 is 7.04. The second kappa shape index (κ2) is 4.92. The lowest BCUT2D eigenvalue weighted by molar-refractivity contribution is -0.386. The molecule has 0 radical (unpaired) electrons. The lowest BCUT2D eigenvalue weighted by atomic mass is 10.4. The van der Waals surface area contributed by atoms with Gasteiger partial charge in [0.2, 0.25) is 0 Å². The van der Waals surface area contributed by atoms with Gasteiger partial charge in [0.05, 0.1) is 17.3 Å². The van der Waals surface area contributed by atoms with Gasteiger partial charge in [-0.2, -0.15) is 10.1 Å². The van der Waals surface area contributed by atoms with Gasteiger partial charge in [-0.05, 0) is 19.9 Å². The van der Waals surface area contributed by atoms with E-state index in [0.717, 1.165) is 0 Å². The van der Waals surface area contributed by atoms with Gasteiger partial charge in [-0.15, -0.1) is 0 Å². The van der Waals surface area contributed by atoms with Crippen molar-refractivity contribution in [1.82, 2.24) is 14.8 Å². The van der Waals surface area contributed by atoms with Crippen molar-refractivity contribution in [1.29, 1.82) is 0 Å². The first kappa shape index (κ1) is 12.8. The molecule has 8 nitrogen and oxygen atoms in total. The molecular formula is C11H13N5O3. The Morgan fingerprint density at radius 2 is 2.21 bits per heavy atom. The molecule has 0 saturated carbocycles. The predicted molar refractivity (Wildman–Crippen MR) is 68.0 cm³/mol. The van der Waals surface area contributed by atoms with Gasteiger partial charge in [0.15, 0.2) is 5.75 Å². The highest BCUT2D eigenvalue weighted by Crippen LogP contribution is 2.30. The van der Waals surface area contributed by atoms with E-state index in [9.17, 15) is 10.1 Å². The number of pyridine rings is 1. The minimum absolute atomic E-state index is 0.145. The second-order valence-corrected chi connectivity index (χ2v) is 4.17. The SMILES string of the molecule is CC(C)n1cc(Oc2nc(N)ccc2[N+](=O)[O-])cn1. The van der Waals surface area contributed by atoms with E-state index < -0.39 is 4.92 Å². The molecule has 2 aromatic heterocycles. The first-order chi connectivity index (χ1) is 8.97. The van der Waals surface area contributed by atoms with Crippen LogP contribution in [0.1, 0.15) is 19.9 Å². The van der Waals surface area contributed by atoms with Gasteiger partial charge in [-0.3, -0.25) is 14.8 Å². The Morgan fingerprint density at radius 3 is 2.79 bits per heavy atom. The molecule has 2 heterocycles. The number of nitrogens with zero attached hydrogens (tertiary/aromatic N) is 4. The maximum Gasteiger partial charge on any atom is 0.331 e. The second-order valence-electron chi connectivity index (χ2n) is 4.17. The molecule has 0 aliphatic rings. The van der Waals surface area contributed by atoms with Crippen LogP contribution in [0.4, 0.5) is 11.5 Å². The summed E-state index contributed by atoms with van der Waals surface area (Å²) in [6, 6.07) is 2.77. The molecule has 0 spiro atoms. The molecule has 0 unspecified atom stereocenters. The molecule has 2 rings (SSSR count). The van der Waals surface area contributed by atoms with E-state index in [-0.39, 0.29) is 23.4 Å². The number of nitrogens with two attached hydrogens (primary N) is 1. The summed E-state index contributed by atoms with van der Waals surface area (Å²) in [5.41, 5.74) is 5.26. The Kier molecular flexibility index (Phi) is 3.32. The van der Waals surface area contributed by atoms with Gasteiger partial charge in [0.25, 0.3) is 0 Å². The Hall–Kier alpha value is -2.64. The van der Waals surface area contributed by atoms with Crippen molar-refractivity contribution in [3.05, 3.63) is 34.6 Å². The van der Waals surface area contributed by atoms with Gasteiger partial charge in [-0.1, -0.05) is 0 Å². The molecule has 0 aliphatic carbocycles. The number of anilines is 1. The lowest BCUT2D eigenvalue weighted by Crippen LogP contribution is -2.00. The quantitative estimate of drug-likeness (QED) is 0.668. The molecule has 2 N–H and O–H groups in total. The van der Waals surface area contributed by atoms with Crippen LogP contribution in [0.2, 0.25) is 0 Å². The highest BCUT2D eigenvalue weighted by atomic mass is 16.6. The smallest absolute Gasteiger partial charge is 0.331 e. The molecule has 0 fully saturated rings. The number of nitrogen functional groups attached to an aromatic ring is 1. The predicted octanol–water partition coefficient (Wildman–Crippen LogP) is 2.14. The first-order valence-electron chi connectivity index (χ1n) is 5.60. The van der Waals surface area contributed by atoms with Crippen molar-refractivity contribution < 1.29 is 9.66 Å². The third kappa shape index (κ3) is 2.79. The van der Waals surface area contributed by atoms with Crippen LogP contribution in [0.5, 0.6) is 11.6 Å². The van der Waals surface area contributed by atoms with Crippen molar-refractivity contribution in [3.8, 4) is 11.6 Å². The van der Waals surface area contributed by atoms with Crippen LogP contribution < -0.4 is 10.5 Å². The average Bonchev–Trinajstić information content (AvgIpc) is 2.77. The molecule has 19 heavy (non-hydrogen) atoms. The van der Waals surface area contributed by atoms with Crippen molar-refractivity contribution in [2.45, 2.75) is 19.9 Å². The van der Waals surface area contributed by atoms with E-state index in [1.165, 1.54) is 18.3 Å². The molecule has 0 aliphatic heterocycles. The Labute approximate surface area is 109 Å². The fourth-order valence-corrected chi connectivity index (χ4v) is 1.43. The van der Waals surface area contributed by atoms with E-state index in [1.807, 2.05) is 13.8 Å². The van der Waals surface area contributed by atoms with Gasteiger partial charge >= 0.3 is 11.6 Å². The largest absolute Gasteiger partial charge is 0.430 e. The molecule has 0 aromatic carbocycles. The molecule has 8 heteroatoms. The maximum absolute atomic E-state index is 10.9. The third-order valence-corrected chi connectivity index (χ3v) is 2.38. The van der Waals surface area contributed by atoms with E-state index in [2.05, 4.69) is 10.1 Å². The summed E-state index contributed by atoms with van der Waals surface area (Å²) in [6.45, 7) is 3.91. The zero-order valence-electron chi connectivity index (χ0n) is 10.5. The number of nitro groups is 1. The number of rotatable bonds is 4. The summed E-state index contributed by atoms with van der Waals surface area (Å²) in [5.74, 6) is 0.375. The molecule has 100 valence electrons. The van der Waals surface area contributed by atoms with Crippen LogP contribution in [0, 0.1) is 10.1 Å². The summed E-state index contributed by atoms with van der Waals surface area (Å²) >= 11 is 0. The average molecular weight is 263 g/mol. The number of hydrogen-bond donors (Lipinski definition) is 1. The van der Waals surface area contributed by atoms with Gasteiger partial charge in [-0.25, -0.2) is 0 Å². The molecule has 0 saturated heterocycles.